The second kappa shape index (κ2) is 12.7. The van der Waals surface area contributed by atoms with Crippen molar-refractivity contribution in [2.75, 3.05) is 10.8 Å². The maximum absolute atomic E-state index is 14.1. The van der Waals surface area contributed by atoms with Gasteiger partial charge >= 0.3 is 0 Å². The number of carbonyl (C=O) groups is 2. The number of aryl methyl sites for hydroxylation is 3. The molecule has 1 saturated carbocycles. The molecule has 1 aliphatic rings. The zero-order valence-corrected chi connectivity index (χ0v) is 24.6. The average Bonchev–Trinajstić information content (AvgIpc) is 3.43. The molecular weight excluding hydrogens is 522 g/mol. The second-order valence-corrected chi connectivity index (χ2v) is 12.6. The molecule has 1 N–H and O–H groups in total. The van der Waals surface area contributed by atoms with Gasteiger partial charge in [-0.15, -0.1) is 0 Å². The van der Waals surface area contributed by atoms with Gasteiger partial charge in [0, 0.05) is 12.6 Å². The van der Waals surface area contributed by atoms with Crippen molar-refractivity contribution in [3.63, 3.8) is 0 Å². The Morgan fingerprint density at radius 1 is 0.900 bits per heavy atom. The first-order valence-corrected chi connectivity index (χ1v) is 15.3. The van der Waals surface area contributed by atoms with Crippen LogP contribution in [0.4, 0.5) is 5.69 Å². The second-order valence-electron chi connectivity index (χ2n) is 10.8. The predicted molar refractivity (Wildman–Crippen MR) is 158 cm³/mol. The smallest absolute Gasteiger partial charge is 0.264 e. The lowest BCUT2D eigenvalue weighted by molar-refractivity contribution is -0.139. The molecule has 0 radical (unpaired) electrons. The first-order valence-electron chi connectivity index (χ1n) is 13.9. The fraction of sp³-hybridized carbons (Fsp3) is 0.375. The SMILES string of the molecule is Cc1cc(C)cc(N(CC(=O)N(Cc2ccccc2C)[C@H](C)C(=O)NC2CCCC2)S(=O)(=O)c2ccccc2)c1. The number of anilines is 1. The van der Waals surface area contributed by atoms with Gasteiger partial charge in [0.1, 0.15) is 12.6 Å². The van der Waals surface area contributed by atoms with Crippen LogP contribution in [-0.2, 0) is 26.2 Å². The quantitative estimate of drug-likeness (QED) is 0.365. The minimum atomic E-state index is -4.08. The van der Waals surface area contributed by atoms with Crippen molar-refractivity contribution in [1.82, 2.24) is 10.2 Å². The lowest BCUT2D eigenvalue weighted by Gasteiger charge is -2.33. The molecule has 8 heteroatoms. The van der Waals surface area contributed by atoms with Gasteiger partial charge < -0.3 is 10.2 Å². The van der Waals surface area contributed by atoms with Gasteiger partial charge in [-0.1, -0.05) is 61.4 Å². The third kappa shape index (κ3) is 6.91. The van der Waals surface area contributed by atoms with Gasteiger partial charge in [0.15, 0.2) is 0 Å². The normalized spacial score (nSPS) is 14.5. The Labute approximate surface area is 238 Å². The van der Waals surface area contributed by atoms with E-state index in [1.54, 1.807) is 37.3 Å². The Morgan fingerprint density at radius 3 is 2.12 bits per heavy atom. The van der Waals surface area contributed by atoms with Gasteiger partial charge in [-0.2, -0.15) is 0 Å². The highest BCUT2D eigenvalue weighted by Gasteiger charge is 2.33. The molecule has 7 nitrogen and oxygen atoms in total. The van der Waals surface area contributed by atoms with Crippen molar-refractivity contribution in [3.05, 3.63) is 95.1 Å². The van der Waals surface area contributed by atoms with Crippen LogP contribution in [0.5, 0.6) is 0 Å². The van der Waals surface area contributed by atoms with E-state index in [2.05, 4.69) is 5.32 Å². The third-order valence-corrected chi connectivity index (χ3v) is 9.36. The molecule has 40 heavy (non-hydrogen) atoms. The van der Waals surface area contributed by atoms with Crippen LogP contribution in [-0.4, -0.2) is 43.8 Å². The number of amides is 2. The van der Waals surface area contributed by atoms with Crippen LogP contribution in [0.3, 0.4) is 0 Å². The number of sulfonamides is 1. The molecule has 0 aliphatic heterocycles. The number of nitrogens with zero attached hydrogens (tertiary/aromatic N) is 2. The number of carbonyl (C=O) groups excluding carboxylic acids is 2. The minimum Gasteiger partial charge on any atom is -0.352 e. The van der Waals surface area contributed by atoms with Crippen molar-refractivity contribution in [2.45, 2.75) is 76.9 Å². The molecular formula is C32H39N3O4S. The van der Waals surface area contributed by atoms with Crippen LogP contribution in [0.1, 0.15) is 54.9 Å². The molecule has 212 valence electrons. The largest absolute Gasteiger partial charge is 0.352 e. The number of rotatable bonds is 10. The van der Waals surface area contributed by atoms with Crippen molar-refractivity contribution in [3.8, 4) is 0 Å². The summed E-state index contributed by atoms with van der Waals surface area (Å²) in [5.74, 6) is -0.673. The Hall–Kier alpha value is -3.65. The Bertz CT molecular complexity index is 1430. The molecule has 0 aromatic heterocycles. The number of hydrogen-bond donors (Lipinski definition) is 1. The van der Waals surface area contributed by atoms with E-state index in [0.717, 1.165) is 52.2 Å². The van der Waals surface area contributed by atoms with Crippen LogP contribution in [0.2, 0.25) is 0 Å². The lowest BCUT2D eigenvalue weighted by atomic mass is 10.1. The van der Waals surface area contributed by atoms with Crippen LogP contribution in [0.15, 0.2) is 77.7 Å². The summed E-state index contributed by atoms with van der Waals surface area (Å²) in [5.41, 5.74) is 4.08. The van der Waals surface area contributed by atoms with Gasteiger partial charge in [0.25, 0.3) is 10.0 Å². The summed E-state index contributed by atoms with van der Waals surface area (Å²) >= 11 is 0. The molecule has 0 unspecified atom stereocenters. The highest BCUT2D eigenvalue weighted by molar-refractivity contribution is 7.92. The predicted octanol–water partition coefficient (Wildman–Crippen LogP) is 5.28. The molecule has 1 fully saturated rings. The van der Waals surface area contributed by atoms with E-state index in [9.17, 15) is 18.0 Å². The van der Waals surface area contributed by atoms with Gasteiger partial charge in [-0.05, 0) is 87.1 Å². The third-order valence-electron chi connectivity index (χ3n) is 7.58. The summed E-state index contributed by atoms with van der Waals surface area (Å²) in [6.07, 6.45) is 4.01. The summed E-state index contributed by atoms with van der Waals surface area (Å²) in [7, 11) is -4.08. The molecule has 4 rings (SSSR count). The van der Waals surface area contributed by atoms with Crippen molar-refractivity contribution in [1.29, 1.82) is 0 Å². The van der Waals surface area contributed by atoms with E-state index in [-0.39, 0.29) is 23.4 Å². The molecule has 3 aromatic rings. The van der Waals surface area contributed by atoms with E-state index < -0.39 is 28.5 Å². The van der Waals surface area contributed by atoms with Crippen molar-refractivity contribution >= 4 is 27.5 Å². The van der Waals surface area contributed by atoms with Gasteiger partial charge in [0.2, 0.25) is 11.8 Å². The molecule has 1 atom stereocenters. The number of nitrogens with one attached hydrogen (secondary N) is 1. The zero-order chi connectivity index (χ0) is 28.9. The number of hydrogen-bond acceptors (Lipinski definition) is 4. The van der Waals surface area contributed by atoms with E-state index in [1.165, 1.54) is 17.0 Å². The van der Waals surface area contributed by atoms with Crippen LogP contribution in [0.25, 0.3) is 0 Å². The van der Waals surface area contributed by atoms with Crippen LogP contribution in [0, 0.1) is 20.8 Å². The zero-order valence-electron chi connectivity index (χ0n) is 23.8. The topological polar surface area (TPSA) is 86.8 Å². The van der Waals surface area contributed by atoms with Crippen LogP contribution >= 0.6 is 0 Å². The van der Waals surface area contributed by atoms with Gasteiger partial charge in [-0.25, -0.2) is 8.42 Å². The molecule has 3 aromatic carbocycles. The first-order chi connectivity index (χ1) is 19.1. The summed E-state index contributed by atoms with van der Waals surface area (Å²) in [6.45, 7) is 7.22. The average molecular weight is 562 g/mol. The maximum Gasteiger partial charge on any atom is 0.264 e. The van der Waals surface area contributed by atoms with E-state index in [4.69, 9.17) is 0 Å². The van der Waals surface area contributed by atoms with Crippen LogP contribution < -0.4 is 9.62 Å². The highest BCUT2D eigenvalue weighted by atomic mass is 32.2. The highest BCUT2D eigenvalue weighted by Crippen LogP contribution is 2.27. The number of benzene rings is 3. The molecule has 0 bridgehead atoms. The minimum absolute atomic E-state index is 0.0967. The summed E-state index contributed by atoms with van der Waals surface area (Å²) in [4.78, 5) is 29.1. The van der Waals surface area contributed by atoms with Gasteiger partial charge in [-0.3, -0.25) is 13.9 Å². The Kier molecular flexibility index (Phi) is 9.30. The molecule has 0 saturated heterocycles. The molecule has 1 aliphatic carbocycles. The fourth-order valence-electron chi connectivity index (χ4n) is 5.29. The van der Waals surface area contributed by atoms with Crippen molar-refractivity contribution in [2.24, 2.45) is 0 Å². The standard InChI is InChI=1S/C32H39N3O4S/c1-23-18-24(2)20-29(19-23)35(40(38,39)30-16-6-5-7-17-30)22-31(36)34(21-27-13-9-8-12-25(27)3)26(4)32(37)33-28-14-10-11-15-28/h5-9,12-13,16-20,26,28H,10-11,14-15,21-22H2,1-4H3,(H,33,37)/t26-/m1/s1. The summed E-state index contributed by atoms with van der Waals surface area (Å²) in [5, 5.41) is 3.11. The fourth-order valence-corrected chi connectivity index (χ4v) is 6.71. The monoisotopic (exact) mass is 561 g/mol. The molecule has 2 amide bonds. The van der Waals surface area contributed by atoms with Crippen molar-refractivity contribution < 1.29 is 18.0 Å². The summed E-state index contributed by atoms with van der Waals surface area (Å²) < 4.78 is 29.0. The molecule has 0 heterocycles. The maximum atomic E-state index is 14.1. The lowest BCUT2D eigenvalue weighted by Crippen LogP contribution is -2.52. The summed E-state index contributed by atoms with van der Waals surface area (Å²) in [6, 6.07) is 20.7. The Balaban J connectivity index is 1.71. The molecule has 0 spiro atoms. The Morgan fingerprint density at radius 2 is 1.50 bits per heavy atom. The first kappa shape index (κ1) is 29.3. The van der Waals surface area contributed by atoms with E-state index in [1.807, 2.05) is 51.1 Å². The van der Waals surface area contributed by atoms with E-state index in [0.29, 0.717) is 5.69 Å². The van der Waals surface area contributed by atoms with Gasteiger partial charge in [0.05, 0.1) is 10.6 Å². The van der Waals surface area contributed by atoms with E-state index >= 15 is 0 Å².